The summed E-state index contributed by atoms with van der Waals surface area (Å²) in [6, 6.07) is 14.1. The predicted octanol–water partition coefficient (Wildman–Crippen LogP) is 4.79. The van der Waals surface area contributed by atoms with Crippen molar-refractivity contribution in [3.63, 3.8) is 0 Å². The molecular weight excluding hydrogens is 452 g/mol. The van der Waals surface area contributed by atoms with E-state index in [1.165, 1.54) is 28.0 Å². The summed E-state index contributed by atoms with van der Waals surface area (Å²) in [5.41, 5.74) is 4.58. The molecule has 1 N–H and O–H groups in total. The number of thiophene rings is 1. The number of pyridine rings is 1. The van der Waals surface area contributed by atoms with Crippen LogP contribution >= 0.6 is 23.1 Å². The van der Waals surface area contributed by atoms with Crippen LogP contribution in [0.5, 0.6) is 0 Å². The number of nitriles is 1. The summed E-state index contributed by atoms with van der Waals surface area (Å²) in [5, 5.41) is 22.6. The van der Waals surface area contributed by atoms with Crippen LogP contribution in [-0.4, -0.2) is 31.4 Å². The molecule has 0 spiro atoms. The Morgan fingerprint density at radius 3 is 2.91 bits per heavy atom. The second-order valence-electron chi connectivity index (χ2n) is 7.68. The SMILES string of the molecule is Cc1ccccc1-n1c(SCC(=O)Nc2sc3c(c2C#N)CCC3)nnc1-c1cccnc1. The number of nitrogens with zero attached hydrogens (tertiary/aromatic N) is 5. The lowest BCUT2D eigenvalue weighted by Crippen LogP contribution is -2.14. The lowest BCUT2D eigenvalue weighted by atomic mass is 10.1. The second-order valence-corrected chi connectivity index (χ2v) is 9.73. The van der Waals surface area contributed by atoms with Crippen molar-refractivity contribution in [3.8, 4) is 23.1 Å². The van der Waals surface area contributed by atoms with Crippen molar-refractivity contribution < 1.29 is 4.79 Å². The molecule has 0 bridgehead atoms. The summed E-state index contributed by atoms with van der Waals surface area (Å²) >= 11 is 2.84. The highest BCUT2D eigenvalue weighted by atomic mass is 32.2. The fraction of sp³-hybridized carbons (Fsp3) is 0.208. The molecule has 1 aliphatic rings. The van der Waals surface area contributed by atoms with E-state index in [4.69, 9.17) is 0 Å². The van der Waals surface area contributed by atoms with Gasteiger partial charge in [-0.15, -0.1) is 21.5 Å². The lowest BCUT2D eigenvalue weighted by molar-refractivity contribution is -0.113. The zero-order valence-electron chi connectivity index (χ0n) is 17.9. The maximum atomic E-state index is 12.8. The summed E-state index contributed by atoms with van der Waals surface area (Å²) in [5.74, 6) is 0.658. The van der Waals surface area contributed by atoms with Crippen LogP contribution in [0.15, 0.2) is 53.9 Å². The van der Waals surface area contributed by atoms with E-state index >= 15 is 0 Å². The summed E-state index contributed by atoms with van der Waals surface area (Å²) in [6.45, 7) is 2.03. The Hall–Kier alpha value is -3.48. The number of rotatable bonds is 6. The zero-order valence-corrected chi connectivity index (χ0v) is 19.5. The first-order chi connectivity index (χ1) is 16.2. The Kier molecular flexibility index (Phi) is 5.94. The van der Waals surface area contributed by atoms with Crippen molar-refractivity contribution >= 4 is 34.0 Å². The van der Waals surface area contributed by atoms with E-state index in [-0.39, 0.29) is 11.7 Å². The largest absolute Gasteiger partial charge is 0.316 e. The highest BCUT2D eigenvalue weighted by Crippen LogP contribution is 2.38. The maximum Gasteiger partial charge on any atom is 0.235 e. The van der Waals surface area contributed by atoms with Crippen molar-refractivity contribution in [2.24, 2.45) is 0 Å². The highest BCUT2D eigenvalue weighted by Gasteiger charge is 2.24. The van der Waals surface area contributed by atoms with Gasteiger partial charge in [0.05, 0.1) is 17.0 Å². The number of carbonyl (C=O) groups is 1. The fourth-order valence-corrected chi connectivity index (χ4v) is 5.98. The van der Waals surface area contributed by atoms with E-state index in [2.05, 4.69) is 26.6 Å². The summed E-state index contributed by atoms with van der Waals surface area (Å²) in [6.07, 6.45) is 6.44. The summed E-state index contributed by atoms with van der Waals surface area (Å²) in [7, 11) is 0. The van der Waals surface area contributed by atoms with Gasteiger partial charge in [0, 0.05) is 22.8 Å². The van der Waals surface area contributed by atoms with Crippen molar-refractivity contribution in [2.75, 3.05) is 11.1 Å². The van der Waals surface area contributed by atoms with E-state index in [1.807, 2.05) is 47.9 Å². The van der Waals surface area contributed by atoms with Crippen molar-refractivity contribution in [3.05, 3.63) is 70.4 Å². The average Bonchev–Trinajstić information content (AvgIpc) is 3.53. The van der Waals surface area contributed by atoms with E-state index in [1.54, 1.807) is 12.4 Å². The Bertz CT molecular complexity index is 1370. The number of amides is 1. The van der Waals surface area contributed by atoms with E-state index < -0.39 is 0 Å². The number of anilines is 1. The van der Waals surface area contributed by atoms with Crippen LogP contribution in [0, 0.1) is 18.3 Å². The minimum Gasteiger partial charge on any atom is -0.316 e. The third kappa shape index (κ3) is 4.15. The molecule has 3 heterocycles. The van der Waals surface area contributed by atoms with Gasteiger partial charge in [0.15, 0.2) is 11.0 Å². The van der Waals surface area contributed by atoms with Gasteiger partial charge in [-0.2, -0.15) is 5.26 Å². The number of carbonyl (C=O) groups excluding carboxylic acids is 1. The van der Waals surface area contributed by atoms with Crippen molar-refractivity contribution in [1.29, 1.82) is 5.26 Å². The van der Waals surface area contributed by atoms with Crippen molar-refractivity contribution in [1.82, 2.24) is 19.7 Å². The molecule has 7 nitrogen and oxygen atoms in total. The molecule has 9 heteroatoms. The molecule has 4 aromatic rings. The standard InChI is InChI=1S/C24H20N6OS2/c1-15-6-2-3-9-19(15)30-22(16-7-5-11-26-13-16)28-29-24(30)32-14-21(31)27-23-18(12-25)17-8-4-10-20(17)33-23/h2-3,5-7,9,11,13H,4,8,10,14H2,1H3,(H,27,31). The van der Waals surface area contributed by atoms with Crippen LogP contribution in [0.4, 0.5) is 5.00 Å². The Morgan fingerprint density at radius 1 is 1.24 bits per heavy atom. The van der Waals surface area contributed by atoms with Crippen LogP contribution in [0.25, 0.3) is 17.1 Å². The van der Waals surface area contributed by atoms with Gasteiger partial charge in [-0.25, -0.2) is 0 Å². The molecule has 3 aromatic heterocycles. The molecule has 0 saturated carbocycles. The Balaban J connectivity index is 1.40. The van der Waals surface area contributed by atoms with Gasteiger partial charge < -0.3 is 5.32 Å². The normalized spacial score (nSPS) is 12.4. The third-order valence-electron chi connectivity index (χ3n) is 5.53. The minimum atomic E-state index is -0.168. The van der Waals surface area contributed by atoms with Crippen LogP contribution in [0.1, 0.15) is 28.0 Å². The molecule has 5 rings (SSSR count). The Morgan fingerprint density at radius 2 is 2.12 bits per heavy atom. The van der Waals surface area contributed by atoms with Gasteiger partial charge in [0.2, 0.25) is 5.91 Å². The number of aryl methyl sites for hydroxylation is 2. The predicted molar refractivity (Wildman–Crippen MR) is 130 cm³/mol. The van der Waals surface area contributed by atoms with Gasteiger partial charge in [-0.05, 0) is 55.5 Å². The molecular formula is C24H20N6OS2. The first-order valence-corrected chi connectivity index (χ1v) is 12.3. The average molecular weight is 473 g/mol. The molecule has 1 aromatic carbocycles. The summed E-state index contributed by atoms with van der Waals surface area (Å²) < 4.78 is 1.96. The first-order valence-electron chi connectivity index (χ1n) is 10.5. The Labute approximate surface area is 199 Å². The van der Waals surface area contributed by atoms with E-state index in [9.17, 15) is 10.1 Å². The van der Waals surface area contributed by atoms with Crippen LogP contribution in [0.3, 0.4) is 0 Å². The van der Waals surface area contributed by atoms with Gasteiger partial charge >= 0.3 is 0 Å². The van der Waals surface area contributed by atoms with Crippen LogP contribution < -0.4 is 5.32 Å². The molecule has 0 unspecified atom stereocenters. The smallest absolute Gasteiger partial charge is 0.235 e. The molecule has 0 saturated heterocycles. The number of thioether (sulfide) groups is 1. The van der Waals surface area contributed by atoms with Gasteiger partial charge in [-0.1, -0.05) is 30.0 Å². The monoisotopic (exact) mass is 472 g/mol. The first kappa shape index (κ1) is 21.4. The number of aromatic nitrogens is 4. The third-order valence-corrected chi connectivity index (χ3v) is 7.66. The number of hydrogen-bond acceptors (Lipinski definition) is 7. The number of para-hydroxylation sites is 1. The molecule has 0 atom stereocenters. The lowest BCUT2D eigenvalue weighted by Gasteiger charge is -2.12. The molecule has 0 radical (unpaired) electrons. The molecule has 0 aliphatic heterocycles. The molecule has 0 fully saturated rings. The second kappa shape index (κ2) is 9.17. The van der Waals surface area contributed by atoms with Gasteiger partial charge in [-0.3, -0.25) is 14.3 Å². The number of nitrogens with one attached hydrogen (secondary N) is 1. The molecule has 1 aliphatic carbocycles. The zero-order chi connectivity index (χ0) is 22.8. The van der Waals surface area contributed by atoms with Gasteiger partial charge in [0.1, 0.15) is 11.1 Å². The van der Waals surface area contributed by atoms with Crippen LogP contribution in [-0.2, 0) is 17.6 Å². The highest BCUT2D eigenvalue weighted by molar-refractivity contribution is 7.99. The number of hydrogen-bond donors (Lipinski definition) is 1. The van der Waals surface area contributed by atoms with Crippen molar-refractivity contribution in [2.45, 2.75) is 31.3 Å². The van der Waals surface area contributed by atoms with Crippen LogP contribution in [0.2, 0.25) is 0 Å². The maximum absolute atomic E-state index is 12.8. The quantitative estimate of drug-likeness (QED) is 0.405. The molecule has 164 valence electrons. The number of fused-ring (bicyclic) bond motifs is 1. The van der Waals surface area contributed by atoms with E-state index in [0.717, 1.165) is 41.6 Å². The molecule has 33 heavy (non-hydrogen) atoms. The topological polar surface area (TPSA) is 96.5 Å². The van der Waals surface area contributed by atoms with E-state index in [0.29, 0.717) is 21.5 Å². The number of benzene rings is 1. The van der Waals surface area contributed by atoms with Gasteiger partial charge in [0.25, 0.3) is 0 Å². The fourth-order valence-electron chi connectivity index (χ4n) is 3.98. The summed E-state index contributed by atoms with van der Waals surface area (Å²) in [4.78, 5) is 18.2. The minimum absolute atomic E-state index is 0.157. The molecule has 1 amide bonds.